The van der Waals surface area contributed by atoms with Gasteiger partial charge in [-0.2, -0.15) is 13.2 Å². The number of nitrogens with one attached hydrogen (secondary N) is 1. The molecular formula is C16H15F3N2O2. The summed E-state index contributed by atoms with van der Waals surface area (Å²) < 4.78 is 37.7. The SMILES string of the molecule is O=C(O)c1cccc(CNCCc2cccc(C(F)(F)F)n2)c1. The molecule has 0 radical (unpaired) electrons. The van der Waals surface area contributed by atoms with Crippen molar-refractivity contribution in [2.24, 2.45) is 0 Å². The van der Waals surface area contributed by atoms with Crippen molar-refractivity contribution in [3.8, 4) is 0 Å². The number of hydrogen-bond acceptors (Lipinski definition) is 3. The van der Waals surface area contributed by atoms with Gasteiger partial charge in [0.1, 0.15) is 5.69 Å². The first kappa shape index (κ1) is 17.0. The van der Waals surface area contributed by atoms with E-state index in [0.29, 0.717) is 25.2 Å². The molecule has 122 valence electrons. The van der Waals surface area contributed by atoms with Crippen molar-refractivity contribution in [2.75, 3.05) is 6.54 Å². The molecule has 0 saturated carbocycles. The van der Waals surface area contributed by atoms with E-state index in [4.69, 9.17) is 5.11 Å². The Hall–Kier alpha value is -2.41. The van der Waals surface area contributed by atoms with Crippen molar-refractivity contribution in [1.82, 2.24) is 10.3 Å². The molecule has 0 unspecified atom stereocenters. The molecule has 23 heavy (non-hydrogen) atoms. The fraction of sp³-hybridized carbons (Fsp3) is 0.250. The maximum Gasteiger partial charge on any atom is 0.433 e. The minimum Gasteiger partial charge on any atom is -0.478 e. The van der Waals surface area contributed by atoms with E-state index in [-0.39, 0.29) is 5.56 Å². The predicted molar refractivity (Wildman–Crippen MR) is 78.1 cm³/mol. The number of aromatic nitrogens is 1. The Morgan fingerprint density at radius 2 is 1.91 bits per heavy atom. The number of halogens is 3. The van der Waals surface area contributed by atoms with Crippen LogP contribution >= 0.6 is 0 Å². The Bertz CT molecular complexity index is 687. The van der Waals surface area contributed by atoms with Gasteiger partial charge < -0.3 is 10.4 Å². The monoisotopic (exact) mass is 324 g/mol. The van der Waals surface area contributed by atoms with Crippen molar-refractivity contribution < 1.29 is 23.1 Å². The highest BCUT2D eigenvalue weighted by Crippen LogP contribution is 2.27. The zero-order chi connectivity index (χ0) is 16.9. The van der Waals surface area contributed by atoms with Gasteiger partial charge >= 0.3 is 12.1 Å². The Morgan fingerprint density at radius 3 is 2.61 bits per heavy atom. The molecule has 4 nitrogen and oxygen atoms in total. The molecule has 2 rings (SSSR count). The summed E-state index contributed by atoms with van der Waals surface area (Å²) in [7, 11) is 0. The van der Waals surface area contributed by atoms with Crippen molar-refractivity contribution in [1.29, 1.82) is 0 Å². The quantitative estimate of drug-likeness (QED) is 0.802. The smallest absolute Gasteiger partial charge is 0.433 e. The first-order valence-corrected chi connectivity index (χ1v) is 6.92. The topological polar surface area (TPSA) is 62.2 Å². The third kappa shape index (κ3) is 5.07. The molecule has 0 bridgehead atoms. The molecule has 0 aliphatic rings. The van der Waals surface area contributed by atoms with E-state index in [9.17, 15) is 18.0 Å². The van der Waals surface area contributed by atoms with Gasteiger partial charge in [-0.05, 0) is 29.8 Å². The van der Waals surface area contributed by atoms with E-state index >= 15 is 0 Å². The molecule has 7 heteroatoms. The number of benzene rings is 1. The number of hydrogen-bond donors (Lipinski definition) is 2. The first-order chi connectivity index (χ1) is 10.9. The third-order valence-corrected chi connectivity index (χ3v) is 3.16. The normalized spacial score (nSPS) is 11.4. The molecule has 1 heterocycles. The lowest BCUT2D eigenvalue weighted by Gasteiger charge is -2.08. The molecule has 0 aliphatic carbocycles. The number of rotatable bonds is 6. The summed E-state index contributed by atoms with van der Waals surface area (Å²) >= 11 is 0. The molecule has 0 atom stereocenters. The molecule has 1 aromatic carbocycles. The second kappa shape index (κ2) is 7.23. The lowest BCUT2D eigenvalue weighted by atomic mass is 10.1. The van der Waals surface area contributed by atoms with Gasteiger partial charge in [-0.1, -0.05) is 18.2 Å². The van der Waals surface area contributed by atoms with E-state index in [1.165, 1.54) is 12.1 Å². The Morgan fingerprint density at radius 1 is 1.17 bits per heavy atom. The lowest BCUT2D eigenvalue weighted by Crippen LogP contribution is -2.18. The van der Waals surface area contributed by atoms with Crippen LogP contribution in [-0.4, -0.2) is 22.6 Å². The number of aromatic carboxylic acids is 1. The molecule has 0 fully saturated rings. The van der Waals surface area contributed by atoms with E-state index < -0.39 is 17.8 Å². The Kier molecular flexibility index (Phi) is 5.33. The summed E-state index contributed by atoms with van der Waals surface area (Å²) in [5.74, 6) is -1.000. The van der Waals surface area contributed by atoms with Crippen LogP contribution in [0.1, 0.15) is 27.3 Å². The van der Waals surface area contributed by atoms with Gasteiger partial charge in [0, 0.05) is 25.2 Å². The minimum absolute atomic E-state index is 0.198. The van der Waals surface area contributed by atoms with Gasteiger partial charge in [0.25, 0.3) is 0 Å². The highest BCUT2D eigenvalue weighted by Gasteiger charge is 2.32. The molecule has 2 aromatic rings. The fourth-order valence-electron chi connectivity index (χ4n) is 2.04. The number of carboxylic acids is 1. The molecule has 1 aromatic heterocycles. The maximum absolute atomic E-state index is 12.6. The zero-order valence-electron chi connectivity index (χ0n) is 12.1. The van der Waals surface area contributed by atoms with E-state index in [1.807, 2.05) is 0 Å². The summed E-state index contributed by atoms with van der Waals surface area (Å²) in [6.07, 6.45) is -4.09. The van der Waals surface area contributed by atoms with Gasteiger partial charge in [0.2, 0.25) is 0 Å². The Labute approximate surface area is 131 Å². The number of carboxylic acid groups (broad SMARTS) is 1. The lowest BCUT2D eigenvalue weighted by molar-refractivity contribution is -0.141. The standard InChI is InChI=1S/C16H15F3N2O2/c17-16(18,19)14-6-2-5-13(21-14)7-8-20-10-11-3-1-4-12(9-11)15(22)23/h1-6,9,20H,7-8,10H2,(H,22,23). The van der Waals surface area contributed by atoms with E-state index in [2.05, 4.69) is 10.3 Å². The molecular weight excluding hydrogens is 309 g/mol. The van der Waals surface area contributed by atoms with Crippen LogP contribution in [0.4, 0.5) is 13.2 Å². The maximum atomic E-state index is 12.6. The zero-order valence-corrected chi connectivity index (χ0v) is 12.1. The highest BCUT2D eigenvalue weighted by molar-refractivity contribution is 5.87. The van der Waals surface area contributed by atoms with E-state index in [1.54, 1.807) is 24.3 Å². The van der Waals surface area contributed by atoms with Crippen LogP contribution in [-0.2, 0) is 19.1 Å². The van der Waals surface area contributed by atoms with Gasteiger partial charge in [-0.15, -0.1) is 0 Å². The summed E-state index contributed by atoms with van der Waals surface area (Å²) in [4.78, 5) is 14.4. The summed E-state index contributed by atoms with van der Waals surface area (Å²) in [5, 5.41) is 12.0. The second-order valence-electron chi connectivity index (χ2n) is 4.94. The summed E-state index contributed by atoms with van der Waals surface area (Å²) in [6.45, 7) is 0.867. The molecule has 0 aliphatic heterocycles. The summed E-state index contributed by atoms with van der Waals surface area (Å²) in [6, 6.07) is 10.3. The van der Waals surface area contributed by atoms with Crippen LogP contribution < -0.4 is 5.32 Å². The molecule has 2 N–H and O–H groups in total. The average Bonchev–Trinajstić information content (AvgIpc) is 2.51. The van der Waals surface area contributed by atoms with Crippen LogP contribution in [0.5, 0.6) is 0 Å². The van der Waals surface area contributed by atoms with Gasteiger partial charge in [-0.3, -0.25) is 0 Å². The largest absolute Gasteiger partial charge is 0.478 e. The fourth-order valence-corrected chi connectivity index (χ4v) is 2.04. The highest BCUT2D eigenvalue weighted by atomic mass is 19.4. The summed E-state index contributed by atoms with van der Waals surface area (Å²) in [5.41, 5.74) is 0.446. The van der Waals surface area contributed by atoms with Gasteiger partial charge in [0.05, 0.1) is 5.56 Å². The minimum atomic E-state index is -4.44. The second-order valence-corrected chi connectivity index (χ2v) is 4.94. The Balaban J connectivity index is 1.86. The van der Waals surface area contributed by atoms with Crippen LogP contribution in [0, 0.1) is 0 Å². The van der Waals surface area contributed by atoms with Crippen LogP contribution in [0.15, 0.2) is 42.5 Å². The van der Waals surface area contributed by atoms with Crippen LogP contribution in [0.25, 0.3) is 0 Å². The average molecular weight is 324 g/mol. The van der Waals surface area contributed by atoms with E-state index in [0.717, 1.165) is 11.6 Å². The van der Waals surface area contributed by atoms with Crippen LogP contribution in [0.2, 0.25) is 0 Å². The van der Waals surface area contributed by atoms with Gasteiger partial charge in [0.15, 0.2) is 0 Å². The molecule has 0 amide bonds. The number of alkyl halides is 3. The van der Waals surface area contributed by atoms with Crippen LogP contribution in [0.3, 0.4) is 0 Å². The first-order valence-electron chi connectivity index (χ1n) is 6.92. The van der Waals surface area contributed by atoms with Gasteiger partial charge in [-0.25, -0.2) is 9.78 Å². The number of carbonyl (C=O) groups is 1. The van der Waals surface area contributed by atoms with Crippen molar-refractivity contribution in [2.45, 2.75) is 19.1 Å². The van der Waals surface area contributed by atoms with Crippen molar-refractivity contribution in [3.05, 3.63) is 65.0 Å². The van der Waals surface area contributed by atoms with Crippen molar-refractivity contribution >= 4 is 5.97 Å². The number of nitrogens with zero attached hydrogens (tertiary/aromatic N) is 1. The molecule has 0 saturated heterocycles. The van der Waals surface area contributed by atoms with Crippen molar-refractivity contribution in [3.63, 3.8) is 0 Å². The number of pyridine rings is 1. The molecule has 0 spiro atoms. The predicted octanol–water partition coefficient (Wildman–Crippen LogP) is 3.13. The third-order valence-electron chi connectivity index (χ3n) is 3.16.